The molecule has 112 valence electrons. The van der Waals surface area contributed by atoms with Crippen molar-refractivity contribution in [2.24, 2.45) is 0 Å². The normalized spacial score (nSPS) is 19.1. The predicted octanol–water partition coefficient (Wildman–Crippen LogP) is 3.30. The summed E-state index contributed by atoms with van der Waals surface area (Å²) in [7, 11) is 0. The molecule has 1 aliphatic rings. The van der Waals surface area contributed by atoms with E-state index < -0.39 is 23.6 Å². The average molecular weight is 311 g/mol. The van der Waals surface area contributed by atoms with Crippen molar-refractivity contribution < 1.29 is 17.6 Å². The third kappa shape index (κ3) is 3.07. The number of aryl methyl sites for hydroxylation is 1. The summed E-state index contributed by atoms with van der Waals surface area (Å²) in [6.07, 6.45) is -4.57. The second kappa shape index (κ2) is 5.87. The fourth-order valence-electron chi connectivity index (χ4n) is 2.42. The summed E-state index contributed by atoms with van der Waals surface area (Å²) >= 11 is 5.84. The predicted molar refractivity (Wildman–Crippen MR) is 69.4 cm³/mol. The lowest BCUT2D eigenvalue weighted by Gasteiger charge is -2.36. The number of rotatable bonds is 2. The largest absolute Gasteiger partial charge is 0.408 e. The molecule has 1 heterocycles. The molecule has 1 aliphatic heterocycles. The van der Waals surface area contributed by atoms with E-state index in [9.17, 15) is 17.6 Å². The molecule has 0 spiro atoms. The minimum atomic E-state index is -4.57. The van der Waals surface area contributed by atoms with Crippen molar-refractivity contribution in [2.45, 2.75) is 19.1 Å². The standard InChI is InChI=1S/C13H15ClF4N2/c1-8-2-3-9(14)10(11(8)15)12(13(16,17)18)20-6-4-19-5-7-20/h2-3,12,19H,4-7H2,1H3/t12-/m1/s1. The van der Waals surface area contributed by atoms with Crippen molar-refractivity contribution in [3.8, 4) is 0 Å². The maximum Gasteiger partial charge on any atom is 0.408 e. The maximum absolute atomic E-state index is 14.2. The number of nitrogens with one attached hydrogen (secondary N) is 1. The zero-order valence-corrected chi connectivity index (χ0v) is 11.7. The summed E-state index contributed by atoms with van der Waals surface area (Å²) < 4.78 is 54.4. The highest BCUT2D eigenvalue weighted by atomic mass is 35.5. The summed E-state index contributed by atoms with van der Waals surface area (Å²) in [6.45, 7) is 2.72. The highest BCUT2D eigenvalue weighted by Gasteiger charge is 2.47. The van der Waals surface area contributed by atoms with E-state index in [1.165, 1.54) is 24.0 Å². The Morgan fingerprint density at radius 3 is 2.40 bits per heavy atom. The summed E-state index contributed by atoms with van der Waals surface area (Å²) in [4.78, 5) is 1.22. The Bertz CT molecular complexity index is 484. The van der Waals surface area contributed by atoms with Gasteiger partial charge in [-0.3, -0.25) is 4.90 Å². The lowest BCUT2D eigenvalue weighted by atomic mass is 10.0. The van der Waals surface area contributed by atoms with Crippen molar-refractivity contribution in [3.05, 3.63) is 34.1 Å². The molecule has 20 heavy (non-hydrogen) atoms. The first-order valence-electron chi connectivity index (χ1n) is 6.28. The molecule has 0 saturated carbocycles. The van der Waals surface area contributed by atoms with Gasteiger partial charge in [-0.2, -0.15) is 13.2 Å². The van der Waals surface area contributed by atoms with Gasteiger partial charge in [0.2, 0.25) is 0 Å². The Labute approximate surface area is 119 Å². The molecule has 1 atom stereocenters. The lowest BCUT2D eigenvalue weighted by molar-refractivity contribution is -0.188. The molecule has 0 amide bonds. The van der Waals surface area contributed by atoms with Gasteiger partial charge in [0, 0.05) is 36.8 Å². The minimum Gasteiger partial charge on any atom is -0.314 e. The summed E-state index contributed by atoms with van der Waals surface area (Å²) in [5.41, 5.74) is -0.310. The quantitative estimate of drug-likeness (QED) is 0.843. The van der Waals surface area contributed by atoms with Crippen LogP contribution in [0.3, 0.4) is 0 Å². The monoisotopic (exact) mass is 310 g/mol. The number of piperazine rings is 1. The number of benzene rings is 1. The third-order valence-electron chi connectivity index (χ3n) is 3.42. The zero-order valence-electron chi connectivity index (χ0n) is 10.9. The van der Waals surface area contributed by atoms with E-state index in [1.54, 1.807) is 0 Å². The van der Waals surface area contributed by atoms with Crippen LogP contribution in [0.25, 0.3) is 0 Å². The molecule has 0 radical (unpaired) electrons. The molecule has 0 aliphatic carbocycles. The first-order chi connectivity index (χ1) is 9.32. The van der Waals surface area contributed by atoms with Gasteiger partial charge in [0.05, 0.1) is 0 Å². The van der Waals surface area contributed by atoms with E-state index >= 15 is 0 Å². The summed E-state index contributed by atoms with van der Waals surface area (Å²) in [5, 5.41) is 2.79. The van der Waals surface area contributed by atoms with E-state index in [0.29, 0.717) is 13.1 Å². The Kier molecular flexibility index (Phi) is 4.56. The van der Waals surface area contributed by atoms with Crippen LogP contribution in [-0.4, -0.2) is 37.3 Å². The molecule has 1 N–H and O–H groups in total. The van der Waals surface area contributed by atoms with Crippen molar-refractivity contribution in [1.82, 2.24) is 10.2 Å². The van der Waals surface area contributed by atoms with Gasteiger partial charge in [-0.1, -0.05) is 17.7 Å². The second-order valence-electron chi connectivity index (χ2n) is 4.82. The van der Waals surface area contributed by atoms with Crippen LogP contribution in [0.4, 0.5) is 17.6 Å². The van der Waals surface area contributed by atoms with Gasteiger partial charge in [0.25, 0.3) is 0 Å². The molecule has 1 fully saturated rings. The van der Waals surface area contributed by atoms with Gasteiger partial charge in [0.1, 0.15) is 11.9 Å². The third-order valence-corrected chi connectivity index (χ3v) is 3.75. The Hall–Kier alpha value is -0.850. The van der Waals surface area contributed by atoms with Crippen LogP contribution >= 0.6 is 11.6 Å². The van der Waals surface area contributed by atoms with Crippen LogP contribution in [-0.2, 0) is 0 Å². The van der Waals surface area contributed by atoms with E-state index in [4.69, 9.17) is 11.6 Å². The molecule has 0 aromatic heterocycles. The van der Waals surface area contributed by atoms with Crippen LogP contribution < -0.4 is 5.32 Å². The Balaban J connectivity index is 2.49. The lowest BCUT2D eigenvalue weighted by Crippen LogP contribution is -2.49. The van der Waals surface area contributed by atoms with Gasteiger partial charge in [-0.05, 0) is 18.6 Å². The Morgan fingerprint density at radius 1 is 1.25 bits per heavy atom. The van der Waals surface area contributed by atoms with Crippen molar-refractivity contribution >= 4 is 11.6 Å². The summed E-state index contributed by atoms with van der Waals surface area (Å²) in [5.74, 6) is -0.877. The molecule has 0 bridgehead atoms. The average Bonchev–Trinajstić information content (AvgIpc) is 2.39. The van der Waals surface area contributed by atoms with Crippen LogP contribution in [0.15, 0.2) is 12.1 Å². The van der Waals surface area contributed by atoms with E-state index in [1.807, 2.05) is 0 Å². The van der Waals surface area contributed by atoms with Crippen LogP contribution in [0.1, 0.15) is 17.2 Å². The topological polar surface area (TPSA) is 15.3 Å². The highest BCUT2D eigenvalue weighted by Crippen LogP contribution is 2.42. The van der Waals surface area contributed by atoms with Gasteiger partial charge in [-0.25, -0.2) is 4.39 Å². The smallest absolute Gasteiger partial charge is 0.314 e. The number of halogens is 5. The van der Waals surface area contributed by atoms with Crippen molar-refractivity contribution in [1.29, 1.82) is 0 Å². The van der Waals surface area contributed by atoms with Gasteiger partial charge < -0.3 is 5.32 Å². The first kappa shape index (κ1) is 15.5. The molecule has 1 saturated heterocycles. The first-order valence-corrected chi connectivity index (χ1v) is 6.66. The molecular weight excluding hydrogens is 296 g/mol. The molecule has 1 aromatic rings. The minimum absolute atomic E-state index is 0.161. The Morgan fingerprint density at radius 2 is 1.85 bits per heavy atom. The second-order valence-corrected chi connectivity index (χ2v) is 5.23. The van der Waals surface area contributed by atoms with Crippen LogP contribution in [0.5, 0.6) is 0 Å². The van der Waals surface area contributed by atoms with E-state index in [-0.39, 0.29) is 23.7 Å². The van der Waals surface area contributed by atoms with Crippen LogP contribution in [0, 0.1) is 12.7 Å². The molecule has 2 nitrogen and oxygen atoms in total. The summed E-state index contributed by atoms with van der Waals surface area (Å²) in [6, 6.07) is 0.694. The molecular formula is C13H15ClF4N2. The zero-order chi connectivity index (χ0) is 14.9. The number of hydrogen-bond acceptors (Lipinski definition) is 2. The van der Waals surface area contributed by atoms with Crippen LogP contribution in [0.2, 0.25) is 5.02 Å². The van der Waals surface area contributed by atoms with E-state index in [0.717, 1.165) is 0 Å². The molecule has 0 unspecified atom stereocenters. The van der Waals surface area contributed by atoms with Gasteiger partial charge in [0.15, 0.2) is 0 Å². The fourth-order valence-corrected chi connectivity index (χ4v) is 2.67. The number of alkyl halides is 3. The fraction of sp³-hybridized carbons (Fsp3) is 0.538. The van der Waals surface area contributed by atoms with Gasteiger partial charge >= 0.3 is 6.18 Å². The highest BCUT2D eigenvalue weighted by molar-refractivity contribution is 6.31. The van der Waals surface area contributed by atoms with Crippen molar-refractivity contribution in [2.75, 3.05) is 26.2 Å². The van der Waals surface area contributed by atoms with Gasteiger partial charge in [-0.15, -0.1) is 0 Å². The molecule has 7 heteroatoms. The molecule has 1 aromatic carbocycles. The SMILES string of the molecule is Cc1ccc(Cl)c([C@@H](N2CCNCC2)C(F)(F)F)c1F. The van der Waals surface area contributed by atoms with Crippen molar-refractivity contribution in [3.63, 3.8) is 0 Å². The van der Waals surface area contributed by atoms with E-state index in [2.05, 4.69) is 5.32 Å². The molecule has 2 rings (SSSR count). The number of nitrogens with zero attached hydrogens (tertiary/aromatic N) is 1. The number of hydrogen-bond donors (Lipinski definition) is 1. The maximum atomic E-state index is 14.2.